The number of allylic oxidation sites excluding steroid dienone is 6. The Morgan fingerprint density at radius 3 is 2.36 bits per heavy atom. The molecule has 1 rings (SSSR count). The number of rotatable bonds is 2. The second kappa shape index (κ2) is 9.45. The van der Waals surface area contributed by atoms with E-state index in [-0.39, 0.29) is 0 Å². The van der Waals surface area contributed by atoms with Crippen LogP contribution in [0, 0.1) is 5.92 Å². The Labute approximate surface area is 135 Å². The molecule has 0 heterocycles. The zero-order valence-corrected chi connectivity index (χ0v) is 14.3. The van der Waals surface area contributed by atoms with Crippen LogP contribution in [0.15, 0.2) is 47.1 Å². The van der Waals surface area contributed by atoms with E-state index in [0.29, 0.717) is 17.9 Å². The highest BCUT2D eigenvalue weighted by Gasteiger charge is 2.10. The molecule has 2 nitrogen and oxygen atoms in total. The van der Waals surface area contributed by atoms with Crippen LogP contribution in [0.5, 0.6) is 0 Å². The third-order valence-electron chi connectivity index (χ3n) is 4.45. The van der Waals surface area contributed by atoms with Crippen LogP contribution in [-0.4, -0.2) is 11.1 Å². The van der Waals surface area contributed by atoms with Crippen molar-refractivity contribution < 1.29 is 9.90 Å². The first-order valence-electron chi connectivity index (χ1n) is 8.29. The Hall–Kier alpha value is -1.57. The molecule has 1 aliphatic rings. The third-order valence-corrected chi connectivity index (χ3v) is 4.45. The van der Waals surface area contributed by atoms with Gasteiger partial charge in [0.25, 0.3) is 0 Å². The van der Waals surface area contributed by atoms with Crippen LogP contribution in [0.1, 0.15) is 65.7 Å². The fourth-order valence-electron chi connectivity index (χ4n) is 2.76. The average Bonchev–Trinajstić information content (AvgIpc) is 2.44. The largest absolute Gasteiger partial charge is 0.478 e. The molecule has 122 valence electrons. The molecule has 0 amide bonds. The van der Waals surface area contributed by atoms with Gasteiger partial charge >= 0.3 is 5.97 Å². The molecule has 22 heavy (non-hydrogen) atoms. The summed E-state index contributed by atoms with van der Waals surface area (Å²) in [4.78, 5) is 11.3. The Kier molecular flexibility index (Phi) is 7.94. The van der Waals surface area contributed by atoms with Crippen molar-refractivity contribution >= 4 is 5.97 Å². The van der Waals surface area contributed by atoms with E-state index in [1.54, 1.807) is 0 Å². The van der Waals surface area contributed by atoms with Gasteiger partial charge < -0.3 is 5.11 Å². The summed E-state index contributed by atoms with van der Waals surface area (Å²) in [5, 5.41) is 9.26. The lowest BCUT2D eigenvalue weighted by molar-refractivity contribution is -0.132. The molecule has 1 atom stereocenters. The number of aliphatic carboxylic acids is 1. The Morgan fingerprint density at radius 2 is 1.73 bits per heavy atom. The van der Waals surface area contributed by atoms with Crippen LogP contribution >= 0.6 is 0 Å². The minimum Gasteiger partial charge on any atom is -0.478 e. The predicted molar refractivity (Wildman–Crippen MR) is 93.9 cm³/mol. The molecule has 0 aromatic rings. The highest BCUT2D eigenvalue weighted by atomic mass is 16.4. The molecule has 0 spiro atoms. The first kappa shape index (κ1) is 18.5. The van der Waals surface area contributed by atoms with Gasteiger partial charge in [-0.15, -0.1) is 0 Å². The molecular weight excluding hydrogens is 272 g/mol. The van der Waals surface area contributed by atoms with E-state index in [0.717, 1.165) is 38.5 Å². The molecule has 0 saturated heterocycles. The fraction of sp³-hybridized carbons (Fsp3) is 0.550. The van der Waals surface area contributed by atoms with Gasteiger partial charge in [0.1, 0.15) is 0 Å². The Morgan fingerprint density at radius 1 is 1.09 bits per heavy atom. The lowest BCUT2D eigenvalue weighted by atomic mass is 9.89. The minimum absolute atomic E-state index is 0.548. The van der Waals surface area contributed by atoms with Crippen LogP contribution in [0.25, 0.3) is 0 Å². The molecule has 0 aromatic carbocycles. The summed E-state index contributed by atoms with van der Waals surface area (Å²) in [5.74, 6) is -0.228. The molecule has 0 aliphatic heterocycles. The van der Waals surface area contributed by atoms with Gasteiger partial charge in [0.05, 0.1) is 0 Å². The van der Waals surface area contributed by atoms with Gasteiger partial charge in [0.2, 0.25) is 0 Å². The summed E-state index contributed by atoms with van der Waals surface area (Å²) >= 11 is 0. The third kappa shape index (κ3) is 6.93. The zero-order valence-electron chi connectivity index (χ0n) is 14.3. The summed E-state index contributed by atoms with van der Waals surface area (Å²) in [5.41, 5.74) is 4.51. The second-order valence-electron chi connectivity index (χ2n) is 6.53. The molecule has 0 unspecified atom stereocenters. The highest BCUT2D eigenvalue weighted by molar-refractivity contribution is 5.86. The molecule has 2 heteroatoms. The summed E-state index contributed by atoms with van der Waals surface area (Å²) in [6, 6.07) is 0. The molecular formula is C20H30O2. The van der Waals surface area contributed by atoms with E-state index < -0.39 is 5.97 Å². The highest BCUT2D eigenvalue weighted by Crippen LogP contribution is 2.24. The molecule has 1 N–H and O–H groups in total. The Balaban J connectivity index is 2.88. The van der Waals surface area contributed by atoms with Crippen LogP contribution in [-0.2, 0) is 4.79 Å². The van der Waals surface area contributed by atoms with Crippen molar-refractivity contribution in [2.75, 3.05) is 0 Å². The maximum atomic E-state index is 11.3. The maximum absolute atomic E-state index is 11.3. The molecule has 0 fully saturated rings. The lowest BCUT2D eigenvalue weighted by Crippen LogP contribution is -2.02. The van der Waals surface area contributed by atoms with Gasteiger partial charge in [-0.2, -0.15) is 0 Å². The van der Waals surface area contributed by atoms with E-state index in [4.69, 9.17) is 0 Å². The summed E-state index contributed by atoms with van der Waals surface area (Å²) in [6.45, 7) is 10.5. The van der Waals surface area contributed by atoms with Crippen LogP contribution in [0.3, 0.4) is 0 Å². The van der Waals surface area contributed by atoms with Gasteiger partial charge in [-0.3, -0.25) is 0 Å². The molecule has 0 saturated carbocycles. The smallest absolute Gasteiger partial charge is 0.331 e. The number of carboxylic acid groups (broad SMARTS) is 1. The summed E-state index contributed by atoms with van der Waals surface area (Å²) in [7, 11) is 0. The molecule has 0 bridgehead atoms. The van der Waals surface area contributed by atoms with Crippen molar-refractivity contribution in [2.45, 2.75) is 65.7 Å². The second-order valence-corrected chi connectivity index (χ2v) is 6.53. The quantitative estimate of drug-likeness (QED) is 0.652. The number of hydrogen-bond donors (Lipinski definition) is 1. The van der Waals surface area contributed by atoms with Crippen molar-refractivity contribution in [3.8, 4) is 0 Å². The van der Waals surface area contributed by atoms with Crippen molar-refractivity contribution in [1.29, 1.82) is 0 Å². The normalized spacial score (nSPS) is 22.0. The zero-order chi connectivity index (χ0) is 16.5. The van der Waals surface area contributed by atoms with E-state index in [9.17, 15) is 9.90 Å². The molecule has 0 aromatic heterocycles. The van der Waals surface area contributed by atoms with Crippen LogP contribution < -0.4 is 0 Å². The van der Waals surface area contributed by atoms with Gasteiger partial charge in [0, 0.05) is 5.57 Å². The van der Waals surface area contributed by atoms with Crippen molar-refractivity contribution in [3.05, 3.63) is 47.1 Å². The van der Waals surface area contributed by atoms with Gasteiger partial charge in [-0.1, -0.05) is 41.5 Å². The predicted octanol–water partition coefficient (Wildman–Crippen LogP) is 5.83. The minimum atomic E-state index is -0.776. The lowest BCUT2D eigenvalue weighted by Gasteiger charge is -2.16. The monoisotopic (exact) mass is 302 g/mol. The average molecular weight is 302 g/mol. The number of carboxylic acids is 1. The molecule has 0 radical (unpaired) electrons. The van der Waals surface area contributed by atoms with Gasteiger partial charge in [-0.05, 0) is 71.6 Å². The Bertz CT molecular complexity index is 492. The van der Waals surface area contributed by atoms with Crippen LogP contribution in [0.2, 0.25) is 0 Å². The van der Waals surface area contributed by atoms with E-state index in [2.05, 4.69) is 39.5 Å². The van der Waals surface area contributed by atoms with E-state index >= 15 is 0 Å². The van der Waals surface area contributed by atoms with Crippen LogP contribution in [0.4, 0.5) is 0 Å². The number of carbonyl (C=O) groups is 1. The standard InChI is InChI=1S/C20H30O2/c1-15(2)18-13-11-16(3)7-5-9-19(20(21)22)10-6-8-17(4)12-14-18/h7,10,12,18H,1,5-6,8-9,11,13-14H2,2-4H3,(H,21,22)/t18-/m0/s1. The van der Waals surface area contributed by atoms with Crippen molar-refractivity contribution in [2.24, 2.45) is 5.92 Å². The van der Waals surface area contributed by atoms with E-state index in [1.165, 1.54) is 16.7 Å². The molecule has 1 aliphatic carbocycles. The SMILES string of the molecule is C=C(C)[C@@H]1CC=C(C)CCC=C(C(=O)O)CCC=C(C)CC1. The topological polar surface area (TPSA) is 37.3 Å². The van der Waals surface area contributed by atoms with Crippen molar-refractivity contribution in [1.82, 2.24) is 0 Å². The summed E-state index contributed by atoms with van der Waals surface area (Å²) < 4.78 is 0. The first-order valence-corrected chi connectivity index (χ1v) is 8.29. The maximum Gasteiger partial charge on any atom is 0.331 e. The van der Waals surface area contributed by atoms with E-state index in [1.807, 2.05) is 6.08 Å². The number of hydrogen-bond acceptors (Lipinski definition) is 1. The summed E-state index contributed by atoms with van der Waals surface area (Å²) in [6.07, 6.45) is 12.8. The fourth-order valence-corrected chi connectivity index (χ4v) is 2.76. The van der Waals surface area contributed by atoms with Gasteiger partial charge in [-0.25, -0.2) is 4.79 Å². The first-order chi connectivity index (χ1) is 10.4. The van der Waals surface area contributed by atoms with Crippen molar-refractivity contribution in [3.63, 3.8) is 0 Å². The van der Waals surface area contributed by atoms with Gasteiger partial charge in [0.15, 0.2) is 0 Å².